The fourth-order valence-electron chi connectivity index (χ4n) is 2.60. The summed E-state index contributed by atoms with van der Waals surface area (Å²) in [5.74, 6) is 0.282. The maximum absolute atomic E-state index is 11.6. The third kappa shape index (κ3) is 4.93. The van der Waals surface area contributed by atoms with Crippen molar-refractivity contribution >= 4 is 21.4 Å². The van der Waals surface area contributed by atoms with Gasteiger partial charge in [0, 0.05) is 24.2 Å². The van der Waals surface area contributed by atoms with Crippen LogP contribution in [0.5, 0.6) is 0 Å². The lowest BCUT2D eigenvalue weighted by Gasteiger charge is -2.29. The standard InChI is InChI=1S/C14H20ClNO4S/c15-12-3-1-2-11(6-12)7-16(8-14(18)9-17)13-4-5-21(19,20)10-13/h1-3,6,13-14,17-18H,4-5,7-10H2/t13-,14+/m1/s1. The van der Waals surface area contributed by atoms with Crippen molar-refractivity contribution in [2.24, 2.45) is 0 Å². The van der Waals surface area contributed by atoms with Gasteiger partial charge in [-0.1, -0.05) is 23.7 Å². The highest BCUT2D eigenvalue weighted by Crippen LogP contribution is 2.21. The van der Waals surface area contributed by atoms with Crippen molar-refractivity contribution in [3.63, 3.8) is 0 Å². The Bertz CT molecular complexity index is 578. The molecule has 7 heteroatoms. The van der Waals surface area contributed by atoms with Gasteiger partial charge in [0.1, 0.15) is 0 Å². The third-order valence-corrected chi connectivity index (χ3v) is 5.64. The quantitative estimate of drug-likeness (QED) is 0.800. The van der Waals surface area contributed by atoms with E-state index in [1.807, 2.05) is 23.1 Å². The van der Waals surface area contributed by atoms with E-state index in [1.165, 1.54) is 0 Å². The van der Waals surface area contributed by atoms with Gasteiger partial charge in [0.05, 0.1) is 24.2 Å². The van der Waals surface area contributed by atoms with Crippen molar-refractivity contribution in [1.29, 1.82) is 0 Å². The molecule has 2 N–H and O–H groups in total. The molecule has 0 unspecified atom stereocenters. The summed E-state index contributed by atoms with van der Waals surface area (Å²) in [7, 11) is -3.00. The number of aliphatic hydroxyl groups excluding tert-OH is 2. The van der Waals surface area contributed by atoms with Crippen molar-refractivity contribution in [3.8, 4) is 0 Å². The number of hydrogen-bond acceptors (Lipinski definition) is 5. The molecule has 118 valence electrons. The molecule has 5 nitrogen and oxygen atoms in total. The molecule has 0 amide bonds. The lowest BCUT2D eigenvalue weighted by Crippen LogP contribution is -2.41. The minimum Gasteiger partial charge on any atom is -0.394 e. The highest BCUT2D eigenvalue weighted by Gasteiger charge is 2.32. The van der Waals surface area contributed by atoms with Crippen LogP contribution < -0.4 is 0 Å². The topological polar surface area (TPSA) is 77.8 Å². The molecule has 2 atom stereocenters. The number of sulfone groups is 1. The third-order valence-electron chi connectivity index (χ3n) is 3.66. The van der Waals surface area contributed by atoms with Gasteiger partial charge in [-0.2, -0.15) is 0 Å². The second-order valence-electron chi connectivity index (χ2n) is 5.45. The molecule has 21 heavy (non-hydrogen) atoms. The number of halogens is 1. The molecule has 0 spiro atoms. The number of rotatable bonds is 6. The second-order valence-corrected chi connectivity index (χ2v) is 8.12. The summed E-state index contributed by atoms with van der Waals surface area (Å²) in [6, 6.07) is 7.22. The molecule has 1 saturated heterocycles. The van der Waals surface area contributed by atoms with E-state index in [1.54, 1.807) is 6.07 Å². The number of hydrogen-bond donors (Lipinski definition) is 2. The van der Waals surface area contributed by atoms with Crippen LogP contribution >= 0.6 is 11.6 Å². The number of benzene rings is 1. The van der Waals surface area contributed by atoms with Crippen LogP contribution in [0.4, 0.5) is 0 Å². The molecular formula is C14H20ClNO4S. The molecular weight excluding hydrogens is 314 g/mol. The first-order valence-corrected chi connectivity index (χ1v) is 9.07. The van der Waals surface area contributed by atoms with Crippen molar-refractivity contribution in [1.82, 2.24) is 4.90 Å². The minimum atomic E-state index is -3.00. The molecule has 1 aromatic carbocycles. The normalized spacial score (nSPS) is 22.6. The smallest absolute Gasteiger partial charge is 0.151 e. The number of aliphatic hydroxyl groups is 2. The van der Waals surface area contributed by atoms with Gasteiger partial charge in [0.15, 0.2) is 9.84 Å². The molecule has 0 aromatic heterocycles. The first kappa shape index (κ1) is 16.7. The Labute approximate surface area is 130 Å². The van der Waals surface area contributed by atoms with E-state index < -0.39 is 15.9 Å². The van der Waals surface area contributed by atoms with Crippen LogP contribution in [-0.4, -0.2) is 60.3 Å². The zero-order valence-corrected chi connectivity index (χ0v) is 13.2. The molecule has 0 aliphatic carbocycles. The lowest BCUT2D eigenvalue weighted by molar-refractivity contribution is 0.0447. The summed E-state index contributed by atoms with van der Waals surface area (Å²) < 4.78 is 23.3. The Balaban J connectivity index is 2.12. The first-order valence-electron chi connectivity index (χ1n) is 6.87. The Morgan fingerprint density at radius 1 is 1.43 bits per heavy atom. The van der Waals surface area contributed by atoms with Gasteiger partial charge < -0.3 is 10.2 Å². The van der Waals surface area contributed by atoms with E-state index in [9.17, 15) is 13.5 Å². The summed E-state index contributed by atoms with van der Waals surface area (Å²) in [6.07, 6.45) is -0.325. The fourth-order valence-corrected chi connectivity index (χ4v) is 4.58. The van der Waals surface area contributed by atoms with E-state index in [4.69, 9.17) is 16.7 Å². The molecule has 1 aliphatic rings. The summed E-state index contributed by atoms with van der Waals surface area (Å²) >= 11 is 5.96. The Kier molecular flexibility index (Phi) is 5.62. The summed E-state index contributed by atoms with van der Waals surface area (Å²) in [6.45, 7) is 0.395. The second kappa shape index (κ2) is 7.07. The monoisotopic (exact) mass is 333 g/mol. The predicted octanol–water partition coefficient (Wildman–Crippen LogP) is 0.682. The van der Waals surface area contributed by atoms with E-state index in [-0.39, 0.29) is 30.7 Å². The molecule has 1 aromatic rings. The molecule has 1 aliphatic heterocycles. The highest BCUT2D eigenvalue weighted by molar-refractivity contribution is 7.91. The molecule has 0 radical (unpaired) electrons. The van der Waals surface area contributed by atoms with Crippen LogP contribution in [0.15, 0.2) is 24.3 Å². The van der Waals surface area contributed by atoms with Gasteiger partial charge in [0.2, 0.25) is 0 Å². The predicted molar refractivity (Wildman–Crippen MR) is 82.0 cm³/mol. The highest BCUT2D eigenvalue weighted by atomic mass is 35.5. The van der Waals surface area contributed by atoms with Crippen molar-refractivity contribution in [2.45, 2.75) is 25.1 Å². The fraction of sp³-hybridized carbons (Fsp3) is 0.571. The average Bonchev–Trinajstić information content (AvgIpc) is 2.78. The van der Waals surface area contributed by atoms with E-state index in [0.717, 1.165) is 5.56 Å². The molecule has 0 saturated carbocycles. The van der Waals surface area contributed by atoms with Crippen LogP contribution in [0.1, 0.15) is 12.0 Å². The van der Waals surface area contributed by atoms with Gasteiger partial charge in [-0.15, -0.1) is 0 Å². The maximum atomic E-state index is 11.6. The summed E-state index contributed by atoms with van der Waals surface area (Å²) in [4.78, 5) is 1.91. The Morgan fingerprint density at radius 3 is 2.76 bits per heavy atom. The average molecular weight is 334 g/mol. The van der Waals surface area contributed by atoms with Gasteiger partial charge in [0.25, 0.3) is 0 Å². The first-order chi connectivity index (χ1) is 9.89. The van der Waals surface area contributed by atoms with E-state index in [2.05, 4.69) is 0 Å². The van der Waals surface area contributed by atoms with Crippen LogP contribution in [0, 0.1) is 0 Å². The molecule has 2 rings (SSSR count). The molecule has 1 fully saturated rings. The van der Waals surface area contributed by atoms with E-state index in [0.29, 0.717) is 18.0 Å². The Hall–Kier alpha value is -0.660. The van der Waals surface area contributed by atoms with Crippen molar-refractivity contribution in [2.75, 3.05) is 24.7 Å². The van der Waals surface area contributed by atoms with Gasteiger partial charge in [-0.05, 0) is 24.1 Å². The molecule has 1 heterocycles. The van der Waals surface area contributed by atoms with Crippen LogP contribution in [0.3, 0.4) is 0 Å². The zero-order chi connectivity index (χ0) is 15.5. The SMILES string of the molecule is O=S1(=O)CC[C@@H](N(Cc2cccc(Cl)c2)C[C@H](O)CO)C1. The summed E-state index contributed by atoms with van der Waals surface area (Å²) in [5, 5.41) is 19.3. The Morgan fingerprint density at radius 2 is 2.19 bits per heavy atom. The van der Waals surface area contributed by atoms with E-state index >= 15 is 0 Å². The zero-order valence-electron chi connectivity index (χ0n) is 11.7. The summed E-state index contributed by atoms with van der Waals surface area (Å²) in [5.41, 5.74) is 0.955. The minimum absolute atomic E-state index is 0.103. The van der Waals surface area contributed by atoms with Gasteiger partial charge in [-0.3, -0.25) is 4.90 Å². The van der Waals surface area contributed by atoms with Crippen molar-refractivity contribution < 1.29 is 18.6 Å². The van der Waals surface area contributed by atoms with Crippen molar-refractivity contribution in [3.05, 3.63) is 34.9 Å². The van der Waals surface area contributed by atoms with Gasteiger partial charge in [-0.25, -0.2) is 8.42 Å². The lowest BCUT2D eigenvalue weighted by atomic mass is 10.1. The van der Waals surface area contributed by atoms with Crippen LogP contribution in [0.2, 0.25) is 5.02 Å². The number of nitrogens with zero attached hydrogens (tertiary/aromatic N) is 1. The largest absolute Gasteiger partial charge is 0.394 e. The van der Waals surface area contributed by atoms with Crippen LogP contribution in [-0.2, 0) is 16.4 Å². The maximum Gasteiger partial charge on any atom is 0.151 e. The molecule has 0 bridgehead atoms. The van der Waals surface area contributed by atoms with Gasteiger partial charge >= 0.3 is 0 Å². The van der Waals surface area contributed by atoms with Crippen LogP contribution in [0.25, 0.3) is 0 Å².